The number of hydrogen-bond acceptors (Lipinski definition) is 5. The van der Waals surface area contributed by atoms with E-state index in [1.807, 2.05) is 11.9 Å². The predicted octanol–water partition coefficient (Wildman–Crippen LogP) is 2.78. The molecule has 2 aromatic rings. The van der Waals surface area contributed by atoms with Crippen LogP contribution in [0.25, 0.3) is 0 Å². The van der Waals surface area contributed by atoms with Crippen LogP contribution in [0.15, 0.2) is 48.5 Å². The summed E-state index contributed by atoms with van der Waals surface area (Å²) in [7, 11) is 1.84. The molecule has 1 unspecified atom stereocenters. The molecule has 2 rings (SSSR count). The first kappa shape index (κ1) is 19.9. The van der Waals surface area contributed by atoms with Crippen molar-refractivity contribution in [3.05, 3.63) is 59.9 Å². The summed E-state index contributed by atoms with van der Waals surface area (Å²) in [6.07, 6.45) is -0.700. The molecule has 0 saturated heterocycles. The van der Waals surface area contributed by atoms with Crippen molar-refractivity contribution >= 4 is 5.78 Å². The van der Waals surface area contributed by atoms with E-state index in [2.05, 4.69) is 0 Å². The van der Waals surface area contributed by atoms with Gasteiger partial charge in [0.1, 0.15) is 25.1 Å². The van der Waals surface area contributed by atoms with Gasteiger partial charge in [0, 0.05) is 18.7 Å². The summed E-state index contributed by atoms with van der Waals surface area (Å²) in [5.41, 5.74) is 0.569. The lowest BCUT2D eigenvalue weighted by atomic mass is 10.1. The molecule has 0 aliphatic carbocycles. The van der Waals surface area contributed by atoms with Gasteiger partial charge in [0.25, 0.3) is 0 Å². The number of ether oxygens (including phenoxy) is 2. The van der Waals surface area contributed by atoms with E-state index in [9.17, 15) is 14.3 Å². The first-order valence-electron chi connectivity index (χ1n) is 8.43. The number of rotatable bonds is 10. The Labute approximate surface area is 153 Å². The zero-order valence-corrected chi connectivity index (χ0v) is 15.0. The van der Waals surface area contributed by atoms with Gasteiger partial charge in [0.15, 0.2) is 17.3 Å². The predicted molar refractivity (Wildman–Crippen MR) is 97.3 cm³/mol. The average molecular weight is 361 g/mol. The van der Waals surface area contributed by atoms with Crippen LogP contribution in [-0.2, 0) is 0 Å². The lowest BCUT2D eigenvalue weighted by Gasteiger charge is -2.21. The van der Waals surface area contributed by atoms with Gasteiger partial charge in [-0.25, -0.2) is 4.39 Å². The lowest BCUT2D eigenvalue weighted by Crippen LogP contribution is -2.35. The van der Waals surface area contributed by atoms with Crippen LogP contribution < -0.4 is 9.47 Å². The summed E-state index contributed by atoms with van der Waals surface area (Å²) in [6.45, 7) is 2.83. The molecular formula is C20H24FNO4. The highest BCUT2D eigenvalue weighted by atomic mass is 19.1. The van der Waals surface area contributed by atoms with Gasteiger partial charge in [0.05, 0.1) is 0 Å². The zero-order chi connectivity index (χ0) is 18.9. The number of para-hydroxylation sites is 1. The van der Waals surface area contributed by atoms with E-state index in [0.717, 1.165) is 0 Å². The Hall–Kier alpha value is -2.44. The minimum atomic E-state index is -0.700. The third-order valence-electron chi connectivity index (χ3n) is 3.77. The molecule has 5 nitrogen and oxygen atoms in total. The molecule has 0 heterocycles. The quantitative estimate of drug-likeness (QED) is 0.660. The SMILES string of the molecule is CC(=O)c1cccc(OCC(O)CN(C)CCOc2ccccc2F)c1. The smallest absolute Gasteiger partial charge is 0.165 e. The van der Waals surface area contributed by atoms with Gasteiger partial charge in [-0.05, 0) is 38.2 Å². The fraction of sp³-hybridized carbons (Fsp3) is 0.350. The Morgan fingerprint density at radius 1 is 1.19 bits per heavy atom. The second kappa shape index (κ2) is 9.89. The first-order chi connectivity index (χ1) is 12.5. The Bertz CT molecular complexity index is 722. The maximum atomic E-state index is 13.4. The third kappa shape index (κ3) is 6.46. The Morgan fingerprint density at radius 3 is 2.69 bits per heavy atom. The van der Waals surface area contributed by atoms with Gasteiger partial charge >= 0.3 is 0 Å². The van der Waals surface area contributed by atoms with E-state index in [-0.39, 0.29) is 18.1 Å². The summed E-state index contributed by atoms with van der Waals surface area (Å²) >= 11 is 0. The molecule has 0 spiro atoms. The number of aliphatic hydroxyl groups is 1. The molecule has 6 heteroatoms. The first-order valence-corrected chi connectivity index (χ1v) is 8.43. The Balaban J connectivity index is 1.70. The lowest BCUT2D eigenvalue weighted by molar-refractivity contribution is 0.0720. The second-order valence-corrected chi connectivity index (χ2v) is 6.09. The molecule has 0 amide bonds. The maximum absolute atomic E-state index is 13.4. The Kier molecular flexibility index (Phi) is 7.56. The number of hydrogen-bond donors (Lipinski definition) is 1. The topological polar surface area (TPSA) is 59.0 Å². The zero-order valence-electron chi connectivity index (χ0n) is 15.0. The fourth-order valence-corrected chi connectivity index (χ4v) is 2.37. The summed E-state index contributed by atoms with van der Waals surface area (Å²) in [6, 6.07) is 13.1. The molecule has 0 aliphatic heterocycles. The van der Waals surface area contributed by atoms with Crippen molar-refractivity contribution in [2.24, 2.45) is 0 Å². The minimum Gasteiger partial charge on any atom is -0.491 e. The number of nitrogens with zero attached hydrogens (tertiary/aromatic N) is 1. The number of aliphatic hydroxyl groups excluding tert-OH is 1. The van der Waals surface area contributed by atoms with E-state index in [1.165, 1.54) is 13.0 Å². The molecular weight excluding hydrogens is 337 g/mol. The van der Waals surface area contributed by atoms with Crippen molar-refractivity contribution in [3.63, 3.8) is 0 Å². The van der Waals surface area contributed by atoms with Gasteiger partial charge in [-0.2, -0.15) is 0 Å². The molecule has 0 aliphatic rings. The van der Waals surface area contributed by atoms with Crippen LogP contribution in [0.4, 0.5) is 4.39 Å². The second-order valence-electron chi connectivity index (χ2n) is 6.09. The molecule has 0 bridgehead atoms. The number of ketones is 1. The highest BCUT2D eigenvalue weighted by Crippen LogP contribution is 2.15. The van der Waals surface area contributed by atoms with E-state index < -0.39 is 11.9 Å². The average Bonchev–Trinajstić information content (AvgIpc) is 2.62. The molecule has 0 radical (unpaired) electrons. The molecule has 0 saturated carbocycles. The number of halogens is 1. The molecule has 2 aromatic carbocycles. The van der Waals surface area contributed by atoms with Gasteiger partial charge < -0.3 is 19.5 Å². The molecule has 0 fully saturated rings. The summed E-state index contributed by atoms with van der Waals surface area (Å²) in [5.74, 6) is 0.333. The van der Waals surface area contributed by atoms with Crippen molar-refractivity contribution in [2.45, 2.75) is 13.0 Å². The van der Waals surface area contributed by atoms with Crippen molar-refractivity contribution in [1.29, 1.82) is 0 Å². The molecule has 1 N–H and O–H groups in total. The van der Waals surface area contributed by atoms with Crippen LogP contribution in [0.1, 0.15) is 17.3 Å². The van der Waals surface area contributed by atoms with E-state index >= 15 is 0 Å². The molecule has 140 valence electrons. The van der Waals surface area contributed by atoms with Crippen LogP contribution in [0.2, 0.25) is 0 Å². The van der Waals surface area contributed by atoms with Gasteiger partial charge in [-0.15, -0.1) is 0 Å². The van der Waals surface area contributed by atoms with Crippen molar-refractivity contribution in [2.75, 3.05) is 33.4 Å². The normalized spacial score (nSPS) is 12.0. The molecule has 26 heavy (non-hydrogen) atoms. The fourth-order valence-electron chi connectivity index (χ4n) is 2.37. The molecule has 0 aromatic heterocycles. The molecule has 1 atom stereocenters. The van der Waals surface area contributed by atoms with Crippen molar-refractivity contribution < 1.29 is 23.8 Å². The van der Waals surface area contributed by atoms with E-state index in [4.69, 9.17) is 9.47 Å². The minimum absolute atomic E-state index is 0.0365. The van der Waals surface area contributed by atoms with Gasteiger partial charge in [0.2, 0.25) is 0 Å². The Morgan fingerprint density at radius 2 is 1.96 bits per heavy atom. The standard InChI is InChI=1S/C20H24FNO4/c1-15(23)16-6-5-7-18(12-16)26-14-17(24)13-22(2)10-11-25-20-9-4-3-8-19(20)21/h3-9,12,17,24H,10-11,13-14H2,1-2H3. The number of likely N-dealkylation sites (N-methyl/N-ethyl adjacent to an activating group) is 1. The highest BCUT2D eigenvalue weighted by Gasteiger charge is 2.10. The van der Waals surface area contributed by atoms with Crippen LogP contribution in [0.3, 0.4) is 0 Å². The third-order valence-corrected chi connectivity index (χ3v) is 3.77. The van der Waals surface area contributed by atoms with Crippen molar-refractivity contribution in [3.8, 4) is 11.5 Å². The summed E-state index contributed by atoms with van der Waals surface area (Å²) < 4.78 is 24.4. The summed E-state index contributed by atoms with van der Waals surface area (Å²) in [5, 5.41) is 10.1. The van der Waals surface area contributed by atoms with Crippen LogP contribution in [-0.4, -0.2) is 55.2 Å². The number of Topliss-reactive ketones (excluding diaryl/α,β-unsaturated/α-hetero) is 1. The van der Waals surface area contributed by atoms with Crippen LogP contribution in [0, 0.1) is 5.82 Å². The largest absolute Gasteiger partial charge is 0.491 e. The van der Waals surface area contributed by atoms with E-state index in [0.29, 0.717) is 31.0 Å². The van der Waals surface area contributed by atoms with E-state index in [1.54, 1.807) is 42.5 Å². The highest BCUT2D eigenvalue weighted by molar-refractivity contribution is 5.94. The van der Waals surface area contributed by atoms with Gasteiger partial charge in [-0.3, -0.25) is 4.79 Å². The summed E-state index contributed by atoms with van der Waals surface area (Å²) in [4.78, 5) is 13.2. The van der Waals surface area contributed by atoms with Crippen molar-refractivity contribution in [1.82, 2.24) is 4.90 Å². The number of carbonyl (C=O) groups excluding carboxylic acids is 1. The monoisotopic (exact) mass is 361 g/mol. The number of carbonyl (C=O) groups is 1. The maximum Gasteiger partial charge on any atom is 0.165 e. The van der Waals surface area contributed by atoms with Crippen LogP contribution in [0.5, 0.6) is 11.5 Å². The van der Waals surface area contributed by atoms with Crippen LogP contribution >= 0.6 is 0 Å². The number of benzene rings is 2. The van der Waals surface area contributed by atoms with Gasteiger partial charge in [-0.1, -0.05) is 24.3 Å².